The summed E-state index contributed by atoms with van der Waals surface area (Å²) in [5.41, 5.74) is -0.204. The van der Waals surface area contributed by atoms with Gasteiger partial charge in [-0.15, -0.1) is 0 Å². The van der Waals surface area contributed by atoms with Crippen molar-refractivity contribution in [3.8, 4) is 0 Å². The zero-order valence-electron chi connectivity index (χ0n) is 12.9. The summed E-state index contributed by atoms with van der Waals surface area (Å²) in [4.78, 5) is 30.5. The SMILES string of the molecule is C=C(C)C(=O)O.O=C(O)c1ccccc1C(=O)O.OCC(O)CO. The number of aliphatic hydroxyl groups excluding tert-OH is 3. The molecule has 0 aliphatic carbocycles. The van der Waals surface area contributed by atoms with Gasteiger partial charge >= 0.3 is 17.9 Å². The quantitative estimate of drug-likeness (QED) is 0.404. The average Bonchev–Trinajstić information content (AvgIpc) is 2.54. The third-order valence-corrected chi connectivity index (χ3v) is 2.17. The van der Waals surface area contributed by atoms with E-state index in [-0.39, 0.29) is 29.9 Å². The van der Waals surface area contributed by atoms with Gasteiger partial charge in [-0.1, -0.05) is 18.7 Å². The van der Waals surface area contributed by atoms with E-state index in [1.807, 2.05) is 0 Å². The van der Waals surface area contributed by atoms with Crippen molar-refractivity contribution in [3.63, 3.8) is 0 Å². The third-order valence-electron chi connectivity index (χ3n) is 2.17. The molecule has 24 heavy (non-hydrogen) atoms. The lowest BCUT2D eigenvalue weighted by Crippen LogP contribution is -2.15. The topological polar surface area (TPSA) is 173 Å². The molecule has 134 valence electrons. The summed E-state index contributed by atoms with van der Waals surface area (Å²) in [5, 5.41) is 49.0. The van der Waals surface area contributed by atoms with Crippen LogP contribution in [0.2, 0.25) is 0 Å². The van der Waals surface area contributed by atoms with E-state index in [2.05, 4.69) is 6.58 Å². The van der Waals surface area contributed by atoms with Crippen LogP contribution in [0.4, 0.5) is 0 Å². The summed E-state index contributed by atoms with van der Waals surface area (Å²) in [6, 6.07) is 5.48. The molecule has 0 unspecified atom stereocenters. The fourth-order valence-electron chi connectivity index (χ4n) is 0.914. The number of aromatic carboxylic acids is 2. The first kappa shape index (κ1) is 23.5. The molecule has 0 bridgehead atoms. The molecule has 0 spiro atoms. The van der Waals surface area contributed by atoms with Crippen LogP contribution in [0.5, 0.6) is 0 Å². The number of hydrogen-bond donors (Lipinski definition) is 6. The standard InChI is InChI=1S/C8H6O4.C4H6O2.C3H8O3/c9-7(10)5-3-1-2-4-6(5)8(11)12;1-3(2)4(5)6;4-1-3(6)2-5/h1-4H,(H,9,10)(H,11,12);1H2,2H3,(H,5,6);3-6H,1-2H2. The number of aliphatic hydroxyl groups is 3. The van der Waals surface area contributed by atoms with Crippen LogP contribution in [0.25, 0.3) is 0 Å². The summed E-state index contributed by atoms with van der Waals surface area (Å²) < 4.78 is 0. The molecule has 0 amide bonds. The maximum Gasteiger partial charge on any atom is 0.336 e. The van der Waals surface area contributed by atoms with Gasteiger partial charge in [0.25, 0.3) is 0 Å². The third kappa shape index (κ3) is 10.9. The van der Waals surface area contributed by atoms with E-state index in [9.17, 15) is 14.4 Å². The largest absolute Gasteiger partial charge is 0.478 e. The number of aliphatic carboxylic acids is 1. The molecule has 0 aliphatic rings. The highest BCUT2D eigenvalue weighted by Crippen LogP contribution is 2.07. The Kier molecular flexibility index (Phi) is 12.5. The van der Waals surface area contributed by atoms with Gasteiger partial charge in [-0.25, -0.2) is 14.4 Å². The lowest BCUT2D eigenvalue weighted by molar-refractivity contribution is -0.132. The molecular formula is C15H20O9. The molecule has 0 heterocycles. The smallest absolute Gasteiger partial charge is 0.336 e. The number of rotatable bonds is 5. The van der Waals surface area contributed by atoms with Gasteiger partial charge < -0.3 is 30.6 Å². The van der Waals surface area contributed by atoms with Crippen molar-refractivity contribution in [3.05, 3.63) is 47.5 Å². The van der Waals surface area contributed by atoms with E-state index in [1.165, 1.54) is 31.2 Å². The Morgan fingerprint density at radius 3 is 1.38 bits per heavy atom. The van der Waals surface area contributed by atoms with E-state index in [0.29, 0.717) is 0 Å². The van der Waals surface area contributed by atoms with Gasteiger partial charge in [0, 0.05) is 5.57 Å². The Hall–Kier alpha value is -2.75. The summed E-state index contributed by atoms with van der Waals surface area (Å²) in [6.45, 7) is 3.87. The van der Waals surface area contributed by atoms with E-state index < -0.39 is 24.0 Å². The van der Waals surface area contributed by atoms with Crippen molar-refractivity contribution in [2.45, 2.75) is 13.0 Å². The molecule has 9 heteroatoms. The number of hydrogen-bond acceptors (Lipinski definition) is 6. The fraction of sp³-hybridized carbons (Fsp3) is 0.267. The minimum atomic E-state index is -1.23. The van der Waals surface area contributed by atoms with Gasteiger partial charge in [0.1, 0.15) is 6.10 Å². The Morgan fingerprint density at radius 2 is 1.25 bits per heavy atom. The van der Waals surface area contributed by atoms with Gasteiger partial charge in [0.05, 0.1) is 24.3 Å². The lowest BCUT2D eigenvalue weighted by Gasteiger charge is -1.98. The first-order valence-corrected chi connectivity index (χ1v) is 6.42. The molecule has 1 aromatic carbocycles. The van der Waals surface area contributed by atoms with Crippen molar-refractivity contribution in [2.75, 3.05) is 13.2 Å². The van der Waals surface area contributed by atoms with E-state index >= 15 is 0 Å². The van der Waals surface area contributed by atoms with Crippen LogP contribution in [0, 0.1) is 0 Å². The van der Waals surface area contributed by atoms with E-state index in [1.54, 1.807) is 0 Å². The normalized spacial score (nSPS) is 9.04. The second kappa shape index (κ2) is 12.8. The van der Waals surface area contributed by atoms with Gasteiger partial charge in [-0.3, -0.25) is 0 Å². The second-order valence-electron chi connectivity index (χ2n) is 4.26. The minimum absolute atomic E-state index is 0.176. The summed E-state index contributed by atoms with van der Waals surface area (Å²) in [5.74, 6) is -3.39. The summed E-state index contributed by atoms with van der Waals surface area (Å²) >= 11 is 0. The van der Waals surface area contributed by atoms with Crippen LogP contribution in [0.3, 0.4) is 0 Å². The van der Waals surface area contributed by atoms with Crippen molar-refractivity contribution in [1.82, 2.24) is 0 Å². The number of benzene rings is 1. The fourth-order valence-corrected chi connectivity index (χ4v) is 0.914. The zero-order chi connectivity index (χ0) is 19.3. The van der Waals surface area contributed by atoms with Crippen molar-refractivity contribution < 1.29 is 45.0 Å². The molecule has 9 nitrogen and oxygen atoms in total. The van der Waals surface area contributed by atoms with Crippen LogP contribution in [0.15, 0.2) is 36.4 Å². The van der Waals surface area contributed by atoms with Gasteiger partial charge in [0.2, 0.25) is 0 Å². The molecule has 0 saturated carbocycles. The first-order valence-electron chi connectivity index (χ1n) is 6.42. The molecular weight excluding hydrogens is 324 g/mol. The predicted octanol–water partition coefficient (Wildman–Crippen LogP) is 0.0620. The van der Waals surface area contributed by atoms with Crippen molar-refractivity contribution in [2.24, 2.45) is 0 Å². The van der Waals surface area contributed by atoms with Crippen LogP contribution >= 0.6 is 0 Å². The van der Waals surface area contributed by atoms with Crippen LogP contribution in [0.1, 0.15) is 27.6 Å². The van der Waals surface area contributed by atoms with E-state index in [0.717, 1.165) is 0 Å². The Labute approximate surface area is 137 Å². The van der Waals surface area contributed by atoms with Crippen LogP contribution < -0.4 is 0 Å². The van der Waals surface area contributed by atoms with E-state index in [4.69, 9.17) is 30.6 Å². The minimum Gasteiger partial charge on any atom is -0.478 e. The molecule has 1 rings (SSSR count). The highest BCUT2D eigenvalue weighted by atomic mass is 16.4. The monoisotopic (exact) mass is 344 g/mol. The van der Waals surface area contributed by atoms with Gasteiger partial charge in [-0.2, -0.15) is 0 Å². The molecule has 0 aliphatic heterocycles. The average molecular weight is 344 g/mol. The summed E-state index contributed by atoms with van der Waals surface area (Å²) in [6.07, 6.45) is -0.954. The number of carbonyl (C=O) groups is 3. The molecule has 0 atom stereocenters. The predicted molar refractivity (Wildman–Crippen MR) is 83.0 cm³/mol. The van der Waals surface area contributed by atoms with Crippen LogP contribution in [-0.2, 0) is 4.79 Å². The Bertz CT molecular complexity index is 517. The number of carboxylic acids is 3. The molecule has 0 radical (unpaired) electrons. The van der Waals surface area contributed by atoms with Crippen molar-refractivity contribution in [1.29, 1.82) is 0 Å². The molecule has 6 N–H and O–H groups in total. The maximum absolute atomic E-state index is 10.5. The van der Waals surface area contributed by atoms with Gasteiger partial charge in [-0.05, 0) is 19.1 Å². The number of carboxylic acid groups (broad SMARTS) is 3. The highest BCUT2D eigenvalue weighted by Gasteiger charge is 2.13. The zero-order valence-corrected chi connectivity index (χ0v) is 12.9. The second-order valence-corrected chi connectivity index (χ2v) is 4.26. The van der Waals surface area contributed by atoms with Crippen LogP contribution in [-0.4, -0.2) is 67.9 Å². The molecule has 0 saturated heterocycles. The van der Waals surface area contributed by atoms with Crippen molar-refractivity contribution >= 4 is 17.9 Å². The highest BCUT2D eigenvalue weighted by molar-refractivity contribution is 6.01. The molecule has 0 aromatic heterocycles. The molecule has 0 fully saturated rings. The van der Waals surface area contributed by atoms with Gasteiger partial charge in [0.15, 0.2) is 0 Å². The lowest BCUT2D eigenvalue weighted by atomic mass is 10.1. The Balaban J connectivity index is 0. The Morgan fingerprint density at radius 1 is 0.958 bits per heavy atom. The molecule has 1 aromatic rings. The first-order chi connectivity index (χ1) is 11.1. The summed E-state index contributed by atoms with van der Waals surface area (Å²) in [7, 11) is 0. The maximum atomic E-state index is 10.5.